The Kier molecular flexibility index (Phi) is 3.28. The van der Waals surface area contributed by atoms with Gasteiger partial charge in [0.2, 0.25) is 5.78 Å². The fourth-order valence-corrected chi connectivity index (χ4v) is 1.09. The number of aromatic hydroxyl groups is 1. The van der Waals surface area contributed by atoms with E-state index in [1.165, 1.54) is 25.3 Å². The van der Waals surface area contributed by atoms with E-state index in [2.05, 4.69) is 0 Å². The lowest BCUT2D eigenvalue weighted by atomic mass is 10.1. The standard InChI is InChI=1S/C10H10O5/c1-15-9-5-6(2-3-7(9)11)4-8(12)10(13)14/h2-3,5,11H,4H2,1H3,(H,13,14). The number of phenolic OH excluding ortho intramolecular Hbond substituents is 1. The molecule has 0 saturated heterocycles. The van der Waals surface area contributed by atoms with Crippen LogP contribution in [0, 0.1) is 0 Å². The molecule has 0 amide bonds. The summed E-state index contributed by atoms with van der Waals surface area (Å²) in [4.78, 5) is 21.2. The third-order valence-electron chi connectivity index (χ3n) is 1.85. The van der Waals surface area contributed by atoms with Gasteiger partial charge in [0, 0.05) is 6.42 Å². The van der Waals surface area contributed by atoms with Crippen molar-refractivity contribution < 1.29 is 24.5 Å². The lowest BCUT2D eigenvalue weighted by Crippen LogP contribution is -2.14. The normalized spacial score (nSPS) is 9.67. The highest BCUT2D eigenvalue weighted by atomic mass is 16.5. The van der Waals surface area contributed by atoms with Crippen molar-refractivity contribution in [3.63, 3.8) is 0 Å². The second kappa shape index (κ2) is 4.45. The number of rotatable bonds is 4. The molecule has 15 heavy (non-hydrogen) atoms. The van der Waals surface area contributed by atoms with Crippen LogP contribution in [0.25, 0.3) is 0 Å². The summed E-state index contributed by atoms with van der Waals surface area (Å²) < 4.78 is 4.82. The molecule has 0 fully saturated rings. The van der Waals surface area contributed by atoms with E-state index in [4.69, 9.17) is 9.84 Å². The number of phenols is 1. The maximum Gasteiger partial charge on any atom is 0.372 e. The average Bonchev–Trinajstić information content (AvgIpc) is 2.20. The number of aliphatic carboxylic acids is 1. The highest BCUT2D eigenvalue weighted by Gasteiger charge is 2.13. The van der Waals surface area contributed by atoms with Crippen molar-refractivity contribution >= 4 is 11.8 Å². The molecule has 0 aliphatic heterocycles. The minimum Gasteiger partial charge on any atom is -0.504 e. The van der Waals surface area contributed by atoms with Gasteiger partial charge in [-0.05, 0) is 17.7 Å². The molecule has 0 bridgehead atoms. The lowest BCUT2D eigenvalue weighted by molar-refractivity contribution is -0.148. The van der Waals surface area contributed by atoms with Gasteiger partial charge in [0.05, 0.1) is 7.11 Å². The maximum atomic E-state index is 10.9. The Hall–Kier alpha value is -2.04. The van der Waals surface area contributed by atoms with E-state index in [0.29, 0.717) is 5.56 Å². The van der Waals surface area contributed by atoms with Gasteiger partial charge in [-0.1, -0.05) is 6.07 Å². The summed E-state index contributed by atoms with van der Waals surface area (Å²) in [5.74, 6) is -2.21. The number of carboxylic acid groups (broad SMARTS) is 1. The highest BCUT2D eigenvalue weighted by Crippen LogP contribution is 2.26. The Bertz CT molecular complexity index is 397. The molecule has 1 aromatic rings. The molecule has 1 aromatic carbocycles. The average molecular weight is 210 g/mol. The van der Waals surface area contributed by atoms with Crippen LogP contribution in [0.3, 0.4) is 0 Å². The number of Topliss-reactive ketones (excluding diaryl/α,β-unsaturated/α-hetero) is 1. The summed E-state index contributed by atoms with van der Waals surface area (Å²) in [6, 6.07) is 4.25. The third-order valence-corrected chi connectivity index (χ3v) is 1.85. The Morgan fingerprint density at radius 1 is 1.40 bits per heavy atom. The molecule has 5 heteroatoms. The maximum absolute atomic E-state index is 10.9. The third kappa shape index (κ3) is 2.70. The number of hydrogen-bond donors (Lipinski definition) is 2. The topological polar surface area (TPSA) is 83.8 Å². The number of ether oxygens (including phenoxy) is 1. The van der Waals surface area contributed by atoms with Crippen molar-refractivity contribution in [2.24, 2.45) is 0 Å². The van der Waals surface area contributed by atoms with Crippen molar-refractivity contribution in [1.82, 2.24) is 0 Å². The first kappa shape index (κ1) is 11.0. The van der Waals surface area contributed by atoms with Gasteiger partial charge in [0.1, 0.15) is 0 Å². The molecule has 0 aromatic heterocycles. The Morgan fingerprint density at radius 2 is 2.07 bits per heavy atom. The zero-order valence-electron chi connectivity index (χ0n) is 8.06. The van der Waals surface area contributed by atoms with Crippen molar-refractivity contribution in [1.29, 1.82) is 0 Å². The van der Waals surface area contributed by atoms with Crippen molar-refractivity contribution in [3.8, 4) is 11.5 Å². The predicted octanol–water partition coefficient (Wildman–Crippen LogP) is 0.597. The van der Waals surface area contributed by atoms with Crippen LogP contribution in [0.1, 0.15) is 5.56 Å². The minimum absolute atomic E-state index is 0.0518. The number of benzene rings is 1. The summed E-state index contributed by atoms with van der Waals surface area (Å²) in [6.07, 6.45) is -0.216. The van der Waals surface area contributed by atoms with E-state index < -0.39 is 11.8 Å². The number of hydrogen-bond acceptors (Lipinski definition) is 4. The van der Waals surface area contributed by atoms with Gasteiger partial charge < -0.3 is 14.9 Å². The monoisotopic (exact) mass is 210 g/mol. The van der Waals surface area contributed by atoms with Crippen LogP contribution in [0.4, 0.5) is 0 Å². The summed E-state index contributed by atoms with van der Waals surface area (Å²) in [5, 5.41) is 17.6. The molecule has 0 unspecified atom stereocenters. The second-order valence-corrected chi connectivity index (χ2v) is 2.91. The van der Waals surface area contributed by atoms with Crippen LogP contribution in [0.5, 0.6) is 11.5 Å². The first-order valence-corrected chi connectivity index (χ1v) is 4.16. The van der Waals surface area contributed by atoms with E-state index in [-0.39, 0.29) is 17.9 Å². The Labute approximate surface area is 85.9 Å². The molecule has 1 rings (SSSR count). The number of carbonyl (C=O) groups is 2. The number of methoxy groups -OCH3 is 1. The van der Waals surface area contributed by atoms with Crippen LogP contribution >= 0.6 is 0 Å². The number of ketones is 1. The van der Waals surface area contributed by atoms with E-state index in [1.807, 2.05) is 0 Å². The minimum atomic E-state index is -1.47. The van der Waals surface area contributed by atoms with E-state index in [1.54, 1.807) is 0 Å². The predicted molar refractivity (Wildman–Crippen MR) is 51.0 cm³/mol. The SMILES string of the molecule is COc1cc(CC(=O)C(=O)O)ccc1O. The lowest BCUT2D eigenvalue weighted by Gasteiger charge is -2.04. The molecule has 0 aliphatic rings. The fraction of sp³-hybridized carbons (Fsp3) is 0.200. The Morgan fingerprint density at radius 3 is 2.60 bits per heavy atom. The molecule has 0 aliphatic carbocycles. The summed E-state index contributed by atoms with van der Waals surface area (Å²) >= 11 is 0. The van der Waals surface area contributed by atoms with Gasteiger partial charge in [-0.15, -0.1) is 0 Å². The summed E-state index contributed by atoms with van der Waals surface area (Å²) in [6.45, 7) is 0. The summed E-state index contributed by atoms with van der Waals surface area (Å²) in [5.41, 5.74) is 0.483. The first-order chi connectivity index (χ1) is 7.04. The highest BCUT2D eigenvalue weighted by molar-refractivity contribution is 6.33. The van der Waals surface area contributed by atoms with Crippen molar-refractivity contribution in [2.75, 3.05) is 7.11 Å². The van der Waals surface area contributed by atoms with Gasteiger partial charge in [-0.25, -0.2) is 4.79 Å². The molecule has 0 atom stereocenters. The van der Waals surface area contributed by atoms with Gasteiger partial charge in [0.15, 0.2) is 11.5 Å². The fourth-order valence-electron chi connectivity index (χ4n) is 1.09. The van der Waals surface area contributed by atoms with E-state index in [0.717, 1.165) is 0 Å². The quantitative estimate of drug-likeness (QED) is 0.711. The largest absolute Gasteiger partial charge is 0.504 e. The van der Waals surface area contributed by atoms with Crippen LogP contribution in [-0.4, -0.2) is 29.1 Å². The first-order valence-electron chi connectivity index (χ1n) is 4.16. The van der Waals surface area contributed by atoms with Crippen molar-refractivity contribution in [2.45, 2.75) is 6.42 Å². The molecule has 0 radical (unpaired) electrons. The second-order valence-electron chi connectivity index (χ2n) is 2.91. The molecule has 0 saturated carbocycles. The van der Waals surface area contributed by atoms with Crippen LogP contribution in [0.2, 0.25) is 0 Å². The van der Waals surface area contributed by atoms with Gasteiger partial charge >= 0.3 is 5.97 Å². The van der Waals surface area contributed by atoms with Crippen LogP contribution in [0.15, 0.2) is 18.2 Å². The van der Waals surface area contributed by atoms with Gasteiger partial charge in [0.25, 0.3) is 0 Å². The molecule has 80 valence electrons. The van der Waals surface area contributed by atoms with Gasteiger partial charge in [-0.2, -0.15) is 0 Å². The number of carbonyl (C=O) groups excluding carboxylic acids is 1. The molecule has 5 nitrogen and oxygen atoms in total. The Balaban J connectivity index is 2.87. The van der Waals surface area contributed by atoms with Crippen molar-refractivity contribution in [3.05, 3.63) is 23.8 Å². The zero-order chi connectivity index (χ0) is 11.4. The molecular formula is C10H10O5. The molecular weight excluding hydrogens is 200 g/mol. The smallest absolute Gasteiger partial charge is 0.372 e. The number of carboxylic acids is 1. The van der Waals surface area contributed by atoms with Gasteiger partial charge in [-0.3, -0.25) is 4.79 Å². The van der Waals surface area contributed by atoms with Crippen LogP contribution < -0.4 is 4.74 Å². The van der Waals surface area contributed by atoms with Crippen LogP contribution in [-0.2, 0) is 16.0 Å². The van der Waals surface area contributed by atoms with E-state index >= 15 is 0 Å². The van der Waals surface area contributed by atoms with E-state index in [9.17, 15) is 14.7 Å². The summed E-state index contributed by atoms with van der Waals surface area (Å²) in [7, 11) is 1.37. The molecule has 0 spiro atoms. The molecule has 2 N–H and O–H groups in total. The zero-order valence-corrected chi connectivity index (χ0v) is 8.06. The molecule has 0 heterocycles.